The number of nitrogens with zero attached hydrogens (tertiary/aromatic N) is 6. The van der Waals surface area contributed by atoms with Crippen LogP contribution in [0.25, 0.3) is 11.3 Å². The summed E-state index contributed by atoms with van der Waals surface area (Å²) in [4.78, 5) is 23.3. The van der Waals surface area contributed by atoms with Gasteiger partial charge in [0.2, 0.25) is 0 Å². The van der Waals surface area contributed by atoms with E-state index in [-0.39, 0.29) is 23.7 Å². The van der Waals surface area contributed by atoms with Crippen molar-refractivity contribution in [2.45, 2.75) is 25.6 Å². The fourth-order valence-corrected chi connectivity index (χ4v) is 5.05. The van der Waals surface area contributed by atoms with Crippen LogP contribution in [-0.2, 0) is 11.3 Å². The monoisotopic (exact) mass is 552 g/mol. The first kappa shape index (κ1) is 27.2. The SMILES string of the molecule is COCc1cn(C2[C@H](N)CN(c3ccncc3NC(=O)c3ccc(F)c(-c4c(F)cccc4F)n3)C[C@@H]2C)nn1. The molecule has 3 N–H and O–H groups in total. The van der Waals surface area contributed by atoms with Crippen molar-refractivity contribution in [3.63, 3.8) is 0 Å². The molecule has 1 saturated heterocycles. The Labute approximate surface area is 228 Å². The number of amides is 1. The van der Waals surface area contributed by atoms with Crippen LogP contribution in [0.4, 0.5) is 24.5 Å². The maximum Gasteiger partial charge on any atom is 0.274 e. The number of anilines is 2. The van der Waals surface area contributed by atoms with Crippen LogP contribution in [0, 0.1) is 23.4 Å². The maximum atomic E-state index is 14.5. The summed E-state index contributed by atoms with van der Waals surface area (Å²) in [6.45, 7) is 3.45. The summed E-state index contributed by atoms with van der Waals surface area (Å²) in [6, 6.07) is 6.56. The van der Waals surface area contributed by atoms with Crippen molar-refractivity contribution in [2.24, 2.45) is 11.7 Å². The second-order valence-electron chi connectivity index (χ2n) is 9.63. The number of methoxy groups -OCH3 is 1. The Kier molecular flexibility index (Phi) is 7.76. The standard InChI is InChI=1S/C27H27F3N8O2/c1-15-11-37(13-20(31)26(15)38-12-16(14-40-2)35-36-38)23-8-9-32-10-22(23)34-27(39)21-7-6-19(30)25(33-21)24-17(28)4-3-5-18(24)29/h3-10,12,15,20,26H,11,13-14,31H2,1-2H3,(H,34,39)/t15-,20+,26?/m0/s1. The number of carbonyl (C=O) groups excluding carboxylic acids is 1. The van der Waals surface area contributed by atoms with Gasteiger partial charge in [-0.2, -0.15) is 0 Å². The molecule has 1 fully saturated rings. The summed E-state index contributed by atoms with van der Waals surface area (Å²) >= 11 is 0. The van der Waals surface area contributed by atoms with Crippen LogP contribution < -0.4 is 16.0 Å². The van der Waals surface area contributed by atoms with Crippen molar-refractivity contribution < 1.29 is 22.7 Å². The lowest BCUT2D eigenvalue weighted by Crippen LogP contribution is -2.53. The number of piperidine rings is 1. The highest BCUT2D eigenvalue weighted by molar-refractivity contribution is 6.04. The molecule has 1 aromatic carbocycles. The first-order valence-electron chi connectivity index (χ1n) is 12.5. The van der Waals surface area contributed by atoms with Gasteiger partial charge in [0.15, 0.2) is 0 Å². The quantitative estimate of drug-likeness (QED) is 0.357. The lowest BCUT2D eigenvalue weighted by molar-refractivity contribution is 0.102. The number of carbonyl (C=O) groups is 1. The molecule has 13 heteroatoms. The zero-order valence-electron chi connectivity index (χ0n) is 21.8. The van der Waals surface area contributed by atoms with Crippen molar-refractivity contribution in [2.75, 3.05) is 30.4 Å². The number of hydrogen-bond donors (Lipinski definition) is 2. The number of aromatic nitrogens is 5. The number of ether oxygens (including phenoxy) is 1. The van der Waals surface area contributed by atoms with Crippen molar-refractivity contribution in [1.82, 2.24) is 25.0 Å². The Bertz CT molecular complexity index is 1500. The van der Waals surface area contributed by atoms with Crippen molar-refractivity contribution in [1.29, 1.82) is 0 Å². The molecule has 4 heterocycles. The minimum absolute atomic E-state index is 0.0644. The van der Waals surface area contributed by atoms with Crippen LogP contribution in [0.5, 0.6) is 0 Å². The number of nitrogens with two attached hydrogens (primary N) is 1. The fourth-order valence-electron chi connectivity index (χ4n) is 5.05. The number of benzene rings is 1. The number of nitrogens with one attached hydrogen (secondary N) is 1. The van der Waals surface area contributed by atoms with E-state index in [0.29, 0.717) is 36.8 Å². The first-order chi connectivity index (χ1) is 19.3. The van der Waals surface area contributed by atoms with Gasteiger partial charge in [-0.1, -0.05) is 18.2 Å². The van der Waals surface area contributed by atoms with Gasteiger partial charge in [0.25, 0.3) is 5.91 Å². The highest BCUT2D eigenvalue weighted by Gasteiger charge is 2.35. The largest absolute Gasteiger partial charge is 0.378 e. The Hall–Kier alpha value is -4.36. The Morgan fingerprint density at radius 1 is 1.12 bits per heavy atom. The number of halogens is 3. The maximum absolute atomic E-state index is 14.5. The molecule has 3 aromatic heterocycles. The lowest BCUT2D eigenvalue weighted by atomic mass is 9.90. The van der Waals surface area contributed by atoms with E-state index in [0.717, 1.165) is 30.3 Å². The first-order valence-corrected chi connectivity index (χ1v) is 12.5. The van der Waals surface area contributed by atoms with E-state index >= 15 is 0 Å². The van der Waals surface area contributed by atoms with Gasteiger partial charge in [-0.25, -0.2) is 22.8 Å². The smallest absolute Gasteiger partial charge is 0.274 e. The molecular weight excluding hydrogens is 525 g/mol. The van der Waals surface area contributed by atoms with Gasteiger partial charge >= 0.3 is 0 Å². The second kappa shape index (κ2) is 11.4. The highest BCUT2D eigenvalue weighted by Crippen LogP contribution is 2.34. The Balaban J connectivity index is 1.37. The molecule has 0 saturated carbocycles. The summed E-state index contributed by atoms with van der Waals surface area (Å²) in [5, 5.41) is 11.1. The normalized spacial score (nSPS) is 19.1. The molecule has 0 aliphatic carbocycles. The Morgan fingerprint density at radius 2 is 1.90 bits per heavy atom. The molecule has 208 valence electrons. The van der Waals surface area contributed by atoms with Gasteiger partial charge in [0.05, 0.1) is 42.0 Å². The van der Waals surface area contributed by atoms with Gasteiger partial charge in [0.1, 0.15) is 34.5 Å². The van der Waals surface area contributed by atoms with Crippen LogP contribution in [0.3, 0.4) is 0 Å². The van der Waals surface area contributed by atoms with Gasteiger partial charge in [-0.15, -0.1) is 5.10 Å². The third-order valence-electron chi connectivity index (χ3n) is 6.78. The number of hydrogen-bond acceptors (Lipinski definition) is 8. The van der Waals surface area contributed by atoms with Crippen molar-refractivity contribution in [3.05, 3.63) is 83.8 Å². The lowest BCUT2D eigenvalue weighted by Gasteiger charge is -2.42. The molecule has 1 unspecified atom stereocenters. The van der Waals surface area contributed by atoms with E-state index in [1.165, 1.54) is 6.20 Å². The van der Waals surface area contributed by atoms with E-state index in [9.17, 15) is 18.0 Å². The van der Waals surface area contributed by atoms with Crippen LogP contribution in [0.15, 0.2) is 55.0 Å². The summed E-state index contributed by atoms with van der Waals surface area (Å²) in [5.41, 5.74) is 6.87. The molecule has 4 aromatic rings. The van der Waals surface area contributed by atoms with E-state index in [1.54, 1.807) is 24.1 Å². The molecule has 0 bridgehead atoms. The van der Waals surface area contributed by atoms with E-state index in [2.05, 4.69) is 32.5 Å². The molecule has 5 rings (SSSR count). The van der Waals surface area contributed by atoms with E-state index in [1.807, 2.05) is 11.1 Å². The minimum atomic E-state index is -0.992. The molecule has 1 aliphatic heterocycles. The topological polar surface area (TPSA) is 124 Å². The van der Waals surface area contributed by atoms with Crippen molar-refractivity contribution in [3.8, 4) is 11.3 Å². The molecule has 3 atom stereocenters. The predicted octanol–water partition coefficient (Wildman–Crippen LogP) is 3.58. The molecule has 40 heavy (non-hydrogen) atoms. The predicted molar refractivity (Wildman–Crippen MR) is 141 cm³/mol. The van der Waals surface area contributed by atoms with Crippen LogP contribution in [0.1, 0.15) is 29.1 Å². The summed E-state index contributed by atoms with van der Waals surface area (Å²) in [7, 11) is 1.59. The third kappa shape index (κ3) is 5.38. The average Bonchev–Trinajstić information content (AvgIpc) is 3.37. The molecule has 0 spiro atoms. The number of rotatable bonds is 7. The average molecular weight is 553 g/mol. The summed E-state index contributed by atoms with van der Waals surface area (Å²) in [5.74, 6) is -3.58. The zero-order valence-corrected chi connectivity index (χ0v) is 21.8. The Morgan fingerprint density at radius 3 is 2.62 bits per heavy atom. The van der Waals surface area contributed by atoms with Crippen LogP contribution >= 0.6 is 0 Å². The van der Waals surface area contributed by atoms with Crippen LogP contribution in [0.2, 0.25) is 0 Å². The molecule has 10 nitrogen and oxygen atoms in total. The minimum Gasteiger partial charge on any atom is -0.378 e. The van der Waals surface area contributed by atoms with E-state index < -0.39 is 34.6 Å². The molecule has 0 radical (unpaired) electrons. The van der Waals surface area contributed by atoms with Gasteiger partial charge in [-0.05, 0) is 36.2 Å². The van der Waals surface area contributed by atoms with Gasteiger partial charge in [-0.3, -0.25) is 9.78 Å². The highest BCUT2D eigenvalue weighted by atomic mass is 19.1. The molecule has 1 aliphatic rings. The second-order valence-corrected chi connectivity index (χ2v) is 9.63. The summed E-state index contributed by atoms with van der Waals surface area (Å²) < 4.78 is 50.0. The summed E-state index contributed by atoms with van der Waals surface area (Å²) in [6.07, 6.45) is 4.90. The molecule has 1 amide bonds. The van der Waals surface area contributed by atoms with Crippen molar-refractivity contribution >= 4 is 17.3 Å². The number of pyridine rings is 2. The van der Waals surface area contributed by atoms with Gasteiger partial charge < -0.3 is 20.7 Å². The van der Waals surface area contributed by atoms with Crippen LogP contribution in [-0.4, -0.2) is 57.1 Å². The molecular formula is C27H27F3N8O2. The fraction of sp³-hybridized carbons (Fsp3) is 0.296. The zero-order chi connectivity index (χ0) is 28.4. The van der Waals surface area contributed by atoms with Gasteiger partial charge in [0, 0.05) is 32.4 Å². The van der Waals surface area contributed by atoms with E-state index in [4.69, 9.17) is 10.5 Å². The third-order valence-corrected chi connectivity index (χ3v) is 6.78.